The molecule has 0 saturated carbocycles. The highest BCUT2D eigenvalue weighted by atomic mass is 16.3. The predicted octanol–water partition coefficient (Wildman–Crippen LogP) is 2.15. The number of nitrogens with two attached hydrogens (primary N) is 1. The van der Waals surface area contributed by atoms with Gasteiger partial charge >= 0.3 is 0 Å². The number of amides is 1. The Labute approximate surface area is 215 Å². The summed E-state index contributed by atoms with van der Waals surface area (Å²) in [7, 11) is 1.57. The third-order valence-corrected chi connectivity index (χ3v) is 6.77. The quantitative estimate of drug-likeness (QED) is 0.479. The van der Waals surface area contributed by atoms with Gasteiger partial charge < -0.3 is 15.7 Å². The van der Waals surface area contributed by atoms with E-state index in [2.05, 4.69) is 16.0 Å². The smallest absolute Gasteiger partial charge is 0.277 e. The molecule has 190 valence electrons. The summed E-state index contributed by atoms with van der Waals surface area (Å²) >= 11 is 0. The molecule has 9 heteroatoms. The summed E-state index contributed by atoms with van der Waals surface area (Å²) in [5.74, 6) is 0.0604. The first kappa shape index (κ1) is 25.8. The van der Waals surface area contributed by atoms with Gasteiger partial charge in [-0.1, -0.05) is 42.5 Å². The van der Waals surface area contributed by atoms with Crippen LogP contribution in [-0.2, 0) is 17.8 Å². The minimum atomic E-state index is -1.15. The SMILES string of the molecule is CN=C(c1cccc(C#N)c1)c1ncn(CC2(O)CCN(C(=O)CCc3ccccc3)CC2)c(=O)c1N. The molecule has 3 aromatic rings. The molecule has 1 fully saturated rings. The molecular formula is C28H30N6O3. The maximum atomic E-state index is 13.1. The summed E-state index contributed by atoms with van der Waals surface area (Å²) in [6.45, 7) is 0.862. The van der Waals surface area contributed by atoms with Gasteiger partial charge in [-0.2, -0.15) is 5.26 Å². The van der Waals surface area contributed by atoms with Crippen LogP contribution in [0.4, 0.5) is 5.69 Å². The van der Waals surface area contributed by atoms with Crippen molar-refractivity contribution in [2.24, 2.45) is 4.99 Å². The predicted molar refractivity (Wildman–Crippen MR) is 141 cm³/mol. The largest absolute Gasteiger partial charge is 0.392 e. The van der Waals surface area contributed by atoms with E-state index in [4.69, 9.17) is 5.73 Å². The van der Waals surface area contributed by atoms with Crippen LogP contribution in [0.5, 0.6) is 0 Å². The lowest BCUT2D eigenvalue weighted by atomic mass is 9.91. The van der Waals surface area contributed by atoms with Crippen molar-refractivity contribution in [1.29, 1.82) is 5.26 Å². The highest BCUT2D eigenvalue weighted by Crippen LogP contribution is 2.25. The van der Waals surface area contributed by atoms with E-state index >= 15 is 0 Å². The molecule has 9 nitrogen and oxygen atoms in total. The van der Waals surface area contributed by atoms with Crippen LogP contribution in [0.1, 0.15) is 41.6 Å². The van der Waals surface area contributed by atoms with Gasteiger partial charge in [0.05, 0.1) is 35.8 Å². The van der Waals surface area contributed by atoms with E-state index in [-0.39, 0.29) is 23.8 Å². The highest BCUT2D eigenvalue weighted by Gasteiger charge is 2.34. The first-order valence-electron chi connectivity index (χ1n) is 12.2. The second-order valence-electron chi connectivity index (χ2n) is 9.30. The Bertz CT molecular complexity index is 1400. The van der Waals surface area contributed by atoms with Gasteiger partial charge in [-0.25, -0.2) is 4.98 Å². The Kier molecular flexibility index (Phi) is 7.80. The third kappa shape index (κ3) is 5.93. The summed E-state index contributed by atoms with van der Waals surface area (Å²) in [5.41, 5.74) is 7.30. The minimum Gasteiger partial charge on any atom is -0.392 e. The Morgan fingerprint density at radius 3 is 2.59 bits per heavy atom. The van der Waals surface area contributed by atoms with Crippen molar-refractivity contribution in [3.63, 3.8) is 0 Å². The fourth-order valence-electron chi connectivity index (χ4n) is 4.62. The van der Waals surface area contributed by atoms with Gasteiger partial charge in [-0.05, 0) is 37.0 Å². The van der Waals surface area contributed by atoms with Gasteiger partial charge in [-0.15, -0.1) is 0 Å². The van der Waals surface area contributed by atoms with Gasteiger partial charge in [0.1, 0.15) is 11.4 Å². The van der Waals surface area contributed by atoms with E-state index < -0.39 is 11.2 Å². The molecule has 0 bridgehead atoms. The zero-order chi connectivity index (χ0) is 26.4. The molecule has 2 aromatic carbocycles. The number of aromatic nitrogens is 2. The van der Waals surface area contributed by atoms with Crippen molar-refractivity contribution in [3.8, 4) is 6.07 Å². The first-order valence-corrected chi connectivity index (χ1v) is 12.2. The first-order chi connectivity index (χ1) is 17.8. The molecule has 1 amide bonds. The van der Waals surface area contributed by atoms with Crippen LogP contribution >= 0.6 is 0 Å². The number of nitrogen functional groups attached to an aromatic ring is 1. The van der Waals surface area contributed by atoms with Crippen LogP contribution in [-0.4, -0.2) is 56.9 Å². The Morgan fingerprint density at radius 2 is 1.92 bits per heavy atom. The number of hydrogen-bond acceptors (Lipinski definition) is 7. The number of likely N-dealkylation sites (tertiary alicyclic amines) is 1. The number of carbonyl (C=O) groups excluding carboxylic acids is 1. The fraction of sp³-hybridized carbons (Fsp3) is 0.321. The molecule has 1 aromatic heterocycles. The molecule has 0 spiro atoms. The van der Waals surface area contributed by atoms with E-state index in [1.807, 2.05) is 30.3 Å². The van der Waals surface area contributed by atoms with E-state index in [0.29, 0.717) is 55.6 Å². The van der Waals surface area contributed by atoms with Crippen LogP contribution in [0.15, 0.2) is 70.7 Å². The van der Waals surface area contributed by atoms with Gasteiger partial charge in [0.25, 0.3) is 5.56 Å². The number of hydrogen-bond donors (Lipinski definition) is 2. The lowest BCUT2D eigenvalue weighted by Crippen LogP contribution is -2.50. The molecule has 2 heterocycles. The van der Waals surface area contributed by atoms with Crippen LogP contribution in [0.2, 0.25) is 0 Å². The molecule has 4 rings (SSSR count). The Hall–Kier alpha value is -4.29. The van der Waals surface area contributed by atoms with Crippen molar-refractivity contribution in [1.82, 2.24) is 14.5 Å². The minimum absolute atomic E-state index is 0.0257. The third-order valence-electron chi connectivity index (χ3n) is 6.77. The number of nitrogens with zero attached hydrogens (tertiary/aromatic N) is 5. The molecule has 1 saturated heterocycles. The summed E-state index contributed by atoms with van der Waals surface area (Å²) in [4.78, 5) is 36.2. The van der Waals surface area contributed by atoms with Crippen molar-refractivity contribution in [2.45, 2.75) is 37.8 Å². The molecule has 0 radical (unpaired) electrons. The van der Waals surface area contributed by atoms with Crippen LogP contribution in [0.3, 0.4) is 0 Å². The number of piperidine rings is 1. The number of aliphatic hydroxyl groups is 1. The molecule has 1 aliphatic heterocycles. The van der Waals surface area contributed by atoms with E-state index in [1.165, 1.54) is 10.9 Å². The molecule has 0 unspecified atom stereocenters. The van der Waals surface area contributed by atoms with Gasteiger partial charge in [0.2, 0.25) is 5.91 Å². The van der Waals surface area contributed by atoms with Gasteiger partial charge in [-0.3, -0.25) is 19.1 Å². The number of benzene rings is 2. The number of anilines is 1. The topological polar surface area (TPSA) is 138 Å². The molecule has 1 aliphatic rings. The average molecular weight is 499 g/mol. The van der Waals surface area contributed by atoms with Crippen molar-refractivity contribution in [3.05, 3.63) is 93.7 Å². The van der Waals surface area contributed by atoms with E-state index in [1.54, 1.807) is 36.2 Å². The number of aryl methyl sites for hydroxylation is 1. The lowest BCUT2D eigenvalue weighted by Gasteiger charge is -2.38. The second kappa shape index (κ2) is 11.2. The van der Waals surface area contributed by atoms with E-state index in [0.717, 1.165) is 5.56 Å². The standard InChI is InChI=1S/C28H30N6O3/c1-31-25(22-9-5-8-21(16-22)17-29)26-24(30)27(36)34(19-32-26)18-28(37)12-14-33(15-13-28)23(35)11-10-20-6-3-2-4-7-20/h2-9,16,19,37H,10-15,18,30H2,1H3. The number of nitriles is 1. The summed E-state index contributed by atoms with van der Waals surface area (Å²) in [6.07, 6.45) is 3.16. The Morgan fingerprint density at radius 1 is 1.19 bits per heavy atom. The van der Waals surface area contributed by atoms with Crippen LogP contribution in [0, 0.1) is 11.3 Å². The van der Waals surface area contributed by atoms with E-state index in [9.17, 15) is 20.0 Å². The average Bonchev–Trinajstić information content (AvgIpc) is 2.92. The maximum Gasteiger partial charge on any atom is 0.277 e. The summed E-state index contributed by atoms with van der Waals surface area (Å²) in [6, 6.07) is 18.8. The highest BCUT2D eigenvalue weighted by molar-refractivity contribution is 6.14. The number of rotatable bonds is 7. The molecule has 37 heavy (non-hydrogen) atoms. The second-order valence-corrected chi connectivity index (χ2v) is 9.30. The fourth-order valence-corrected chi connectivity index (χ4v) is 4.62. The van der Waals surface area contributed by atoms with Crippen LogP contribution in [0.25, 0.3) is 0 Å². The van der Waals surface area contributed by atoms with Gasteiger partial charge in [0.15, 0.2) is 0 Å². The molecular weight excluding hydrogens is 468 g/mol. The lowest BCUT2D eigenvalue weighted by molar-refractivity contribution is -0.135. The van der Waals surface area contributed by atoms with Crippen molar-refractivity contribution >= 4 is 17.3 Å². The van der Waals surface area contributed by atoms with Gasteiger partial charge in [0, 0.05) is 32.1 Å². The number of aliphatic imine (C=N–C) groups is 1. The normalized spacial score (nSPS) is 15.3. The van der Waals surface area contributed by atoms with Crippen LogP contribution < -0.4 is 11.3 Å². The summed E-state index contributed by atoms with van der Waals surface area (Å²) in [5, 5.41) is 20.4. The maximum absolute atomic E-state index is 13.1. The van der Waals surface area contributed by atoms with Crippen molar-refractivity contribution < 1.29 is 9.90 Å². The van der Waals surface area contributed by atoms with Crippen molar-refractivity contribution in [2.75, 3.05) is 25.9 Å². The molecule has 3 N–H and O–H groups in total. The molecule has 0 atom stereocenters. The zero-order valence-corrected chi connectivity index (χ0v) is 20.8. The Balaban J connectivity index is 1.42. The molecule has 0 aliphatic carbocycles. The number of carbonyl (C=O) groups is 1. The zero-order valence-electron chi connectivity index (χ0n) is 20.8. The summed E-state index contributed by atoms with van der Waals surface area (Å²) < 4.78 is 1.31. The monoisotopic (exact) mass is 498 g/mol.